The third-order valence-electron chi connectivity index (χ3n) is 11.0. The van der Waals surface area contributed by atoms with Gasteiger partial charge in [0.1, 0.15) is 24.3 Å². The minimum Gasteiger partial charge on any atom is -0.445 e. The van der Waals surface area contributed by atoms with Crippen LogP contribution in [0.3, 0.4) is 0 Å². The number of carbonyl (C=O) groups is 7. The Kier molecular flexibility index (Phi) is 15.5. The van der Waals surface area contributed by atoms with E-state index in [4.69, 9.17) is 16.2 Å². The Labute approximate surface area is 348 Å². The van der Waals surface area contributed by atoms with Crippen LogP contribution in [0.2, 0.25) is 0 Å². The highest BCUT2D eigenvalue weighted by Crippen LogP contribution is 2.33. The van der Waals surface area contributed by atoms with Gasteiger partial charge in [-0.25, -0.2) is 9.48 Å². The van der Waals surface area contributed by atoms with E-state index >= 15 is 0 Å². The molecule has 2 aromatic carbocycles. The summed E-state index contributed by atoms with van der Waals surface area (Å²) in [6.07, 6.45) is 6.37. The quantitative estimate of drug-likeness (QED) is 0.0753. The maximum Gasteiger partial charge on any atom is 0.407 e. The van der Waals surface area contributed by atoms with Crippen molar-refractivity contribution in [1.29, 1.82) is 0 Å². The summed E-state index contributed by atoms with van der Waals surface area (Å²) in [5.41, 5.74) is 10.9. The van der Waals surface area contributed by atoms with Crippen LogP contribution < -0.4 is 27.4 Å². The first kappa shape index (κ1) is 44.9. The third kappa shape index (κ3) is 12.2. The molecule has 1 saturated carbocycles. The number of amides is 6. The number of aromatic nitrogens is 3. The Morgan fingerprint density at radius 1 is 0.917 bits per heavy atom. The fraction of sp³-hybridized carbons (Fsp3) is 0.500. The molecule has 4 atom stereocenters. The summed E-state index contributed by atoms with van der Waals surface area (Å²) in [7, 11) is 0. The summed E-state index contributed by atoms with van der Waals surface area (Å²) in [4.78, 5) is 93.5. The number of rotatable bonds is 19. The normalized spacial score (nSPS) is 17.9. The summed E-state index contributed by atoms with van der Waals surface area (Å²) in [5.74, 6) is -4.83. The minimum absolute atomic E-state index is 0.00495. The van der Waals surface area contributed by atoms with Gasteiger partial charge >= 0.3 is 6.09 Å². The fourth-order valence-corrected chi connectivity index (χ4v) is 7.81. The number of carbonyl (C=O) groups excluding carboxylic acids is 7. The number of hydrogen-bond donors (Lipinski definition) is 6. The predicted molar refractivity (Wildman–Crippen MR) is 216 cm³/mol. The van der Waals surface area contributed by atoms with Gasteiger partial charge in [0.15, 0.2) is 0 Å². The van der Waals surface area contributed by atoms with Crippen molar-refractivity contribution in [2.24, 2.45) is 17.4 Å². The van der Waals surface area contributed by atoms with Crippen LogP contribution in [0.15, 0.2) is 60.8 Å². The smallest absolute Gasteiger partial charge is 0.407 e. The Morgan fingerprint density at radius 3 is 2.32 bits per heavy atom. The molecule has 3 aromatic rings. The van der Waals surface area contributed by atoms with Gasteiger partial charge in [0.05, 0.1) is 24.0 Å². The number of ether oxygens (including phenoxy) is 1. The van der Waals surface area contributed by atoms with Crippen molar-refractivity contribution in [3.8, 4) is 0 Å². The van der Waals surface area contributed by atoms with E-state index in [9.17, 15) is 38.7 Å². The maximum atomic E-state index is 14.8. The number of unbranched alkanes of at least 4 members (excludes halogenated alkanes) is 1. The summed E-state index contributed by atoms with van der Waals surface area (Å²) in [5, 5.41) is 27.2. The Balaban J connectivity index is 1.34. The van der Waals surface area contributed by atoms with E-state index < -0.39 is 71.2 Å². The van der Waals surface area contributed by atoms with Crippen LogP contribution in [-0.4, -0.2) is 97.6 Å². The number of hydrogen-bond acceptors (Lipinski definition) is 11. The molecular weight excluding hydrogens is 775 g/mol. The zero-order valence-corrected chi connectivity index (χ0v) is 34.0. The zero-order chi connectivity index (χ0) is 43.4. The lowest BCUT2D eigenvalue weighted by atomic mass is 9.84. The number of nitrogens with one attached hydrogen (secondary N) is 3. The monoisotopic (exact) mass is 829 g/mol. The van der Waals surface area contributed by atoms with E-state index in [0.717, 1.165) is 37.7 Å². The molecular formula is C42H55N9O9. The summed E-state index contributed by atoms with van der Waals surface area (Å²) >= 11 is 0. The minimum atomic E-state index is -1.39. The highest BCUT2D eigenvalue weighted by Gasteiger charge is 2.45. The summed E-state index contributed by atoms with van der Waals surface area (Å²) in [6, 6.07) is 10.7. The SMILES string of the molecule is CC(C)(O)c1cnnn1[C@H]1C[C@@H](C(=O)NC(CCCCNC(=O)OCc2ccccc2)C(=O)C(N)=O)N(C(=O)[C@@H](CC2CCCCC2)NC(=O)c2cccc(C(N)=O)c2)C1. The molecule has 6 amide bonds. The van der Waals surface area contributed by atoms with Gasteiger partial charge in [-0.05, 0) is 69.2 Å². The number of nitrogens with zero attached hydrogens (tertiary/aromatic N) is 4. The third-order valence-corrected chi connectivity index (χ3v) is 11.0. The van der Waals surface area contributed by atoms with Crippen molar-refractivity contribution < 1.29 is 43.4 Å². The van der Waals surface area contributed by atoms with E-state index in [1.807, 2.05) is 30.3 Å². The molecule has 1 unspecified atom stereocenters. The number of ketones is 1. The topological polar surface area (TPSA) is 271 Å². The Hall–Kier alpha value is -6.17. The van der Waals surface area contributed by atoms with Gasteiger partial charge in [0.25, 0.3) is 11.8 Å². The van der Waals surface area contributed by atoms with Crippen molar-refractivity contribution in [2.75, 3.05) is 13.1 Å². The first-order valence-corrected chi connectivity index (χ1v) is 20.3. The van der Waals surface area contributed by atoms with Crippen molar-refractivity contribution in [2.45, 2.75) is 114 Å². The second-order valence-corrected chi connectivity index (χ2v) is 16.0. The number of nitrogens with two attached hydrogens (primary N) is 2. The van der Waals surface area contributed by atoms with E-state index in [2.05, 4.69) is 26.3 Å². The molecule has 1 aliphatic heterocycles. The van der Waals surface area contributed by atoms with Gasteiger partial charge in [0.2, 0.25) is 23.5 Å². The van der Waals surface area contributed by atoms with Crippen LogP contribution in [0.25, 0.3) is 0 Å². The van der Waals surface area contributed by atoms with E-state index in [1.165, 1.54) is 40.0 Å². The lowest BCUT2D eigenvalue weighted by molar-refractivity contribution is -0.142. The molecule has 0 spiro atoms. The number of likely N-dealkylation sites (tertiary alicyclic amines) is 1. The molecule has 2 aliphatic rings. The van der Waals surface area contributed by atoms with Crippen molar-refractivity contribution in [3.05, 3.63) is 83.2 Å². The molecule has 0 bridgehead atoms. The maximum absolute atomic E-state index is 14.8. The molecule has 18 nitrogen and oxygen atoms in total. The van der Waals surface area contributed by atoms with Crippen molar-refractivity contribution >= 4 is 41.4 Å². The Bertz CT molecular complexity index is 2010. The van der Waals surface area contributed by atoms with Crippen LogP contribution >= 0.6 is 0 Å². The number of Topliss-reactive ketones (excluding diaryl/α,β-unsaturated/α-hetero) is 1. The van der Waals surface area contributed by atoms with Gasteiger partial charge in [-0.2, -0.15) is 0 Å². The van der Waals surface area contributed by atoms with Gasteiger partial charge in [-0.1, -0.05) is 73.7 Å². The molecule has 1 aliphatic carbocycles. The number of alkyl carbamates (subject to hydrolysis) is 1. The highest BCUT2D eigenvalue weighted by atomic mass is 16.5. The molecule has 2 fully saturated rings. The van der Waals surface area contributed by atoms with E-state index in [-0.39, 0.29) is 56.0 Å². The van der Waals surface area contributed by atoms with Crippen LogP contribution in [0.4, 0.5) is 4.79 Å². The van der Waals surface area contributed by atoms with Gasteiger partial charge in [-0.3, -0.25) is 28.8 Å². The highest BCUT2D eigenvalue weighted by molar-refractivity contribution is 6.37. The van der Waals surface area contributed by atoms with Crippen molar-refractivity contribution in [3.63, 3.8) is 0 Å². The second kappa shape index (κ2) is 20.7. The van der Waals surface area contributed by atoms with Crippen LogP contribution in [0.1, 0.15) is 116 Å². The second-order valence-electron chi connectivity index (χ2n) is 16.0. The van der Waals surface area contributed by atoms with E-state index in [1.54, 1.807) is 13.8 Å². The fourth-order valence-electron chi connectivity index (χ4n) is 7.81. The summed E-state index contributed by atoms with van der Waals surface area (Å²) in [6.45, 7) is 3.31. The number of primary amides is 2. The molecule has 0 radical (unpaired) electrons. The largest absolute Gasteiger partial charge is 0.445 e. The molecule has 8 N–H and O–H groups in total. The average molecular weight is 830 g/mol. The van der Waals surface area contributed by atoms with Crippen LogP contribution in [-0.2, 0) is 36.1 Å². The predicted octanol–water partition coefficient (Wildman–Crippen LogP) is 2.15. The summed E-state index contributed by atoms with van der Waals surface area (Å²) < 4.78 is 6.68. The average Bonchev–Trinajstić information content (AvgIpc) is 3.91. The lowest BCUT2D eigenvalue weighted by Gasteiger charge is -2.32. The lowest BCUT2D eigenvalue weighted by Crippen LogP contribution is -2.56. The Morgan fingerprint density at radius 2 is 1.63 bits per heavy atom. The van der Waals surface area contributed by atoms with Crippen molar-refractivity contribution in [1.82, 2.24) is 35.8 Å². The zero-order valence-electron chi connectivity index (χ0n) is 34.0. The molecule has 1 saturated heterocycles. The van der Waals surface area contributed by atoms with Crippen LogP contribution in [0.5, 0.6) is 0 Å². The number of aliphatic hydroxyl groups is 1. The molecule has 60 heavy (non-hydrogen) atoms. The van der Waals surface area contributed by atoms with Gasteiger partial charge in [-0.15, -0.1) is 5.10 Å². The van der Waals surface area contributed by atoms with Crippen LogP contribution in [0, 0.1) is 5.92 Å². The molecule has 5 rings (SSSR count). The molecule has 322 valence electrons. The van der Waals surface area contributed by atoms with Gasteiger partial charge < -0.3 is 42.2 Å². The molecule has 1 aromatic heterocycles. The van der Waals surface area contributed by atoms with E-state index in [0.29, 0.717) is 18.5 Å². The first-order chi connectivity index (χ1) is 28.6. The van der Waals surface area contributed by atoms with Gasteiger partial charge in [0, 0.05) is 30.6 Å². The molecule has 18 heteroatoms. The standard InChI is InChI=1S/C42H55N9O9/c1-42(2,59)34-23-46-49-51(34)30-22-33(39(56)47-31(35(52)37(44)54)18-9-10-19-45-41(58)60-25-27-14-7-4-8-15-27)50(24-30)40(57)32(20-26-12-5-3-6-13-26)48-38(55)29-17-11-16-28(21-29)36(43)53/h4,7-8,11,14-17,21,23,26,30-33,59H,3,5-6,9-10,12-13,18-20,22,24-25H2,1-2H3,(H2,43,53)(H2,44,54)(H,45,58)(H,47,56)(H,48,55)/t30-,31?,32+,33-/m0/s1. The number of benzene rings is 2. The first-order valence-electron chi connectivity index (χ1n) is 20.3. The molecule has 2 heterocycles.